The number of anilines is 1. The summed E-state index contributed by atoms with van der Waals surface area (Å²) in [6, 6.07) is 10.6. The number of rotatable bonds is 4. The smallest absolute Gasteiger partial charge is 0.137 e. The Morgan fingerprint density at radius 3 is 2.58 bits per heavy atom. The maximum atomic E-state index is 13.5. The Balaban J connectivity index is 2.22. The number of benzene rings is 2. The van der Waals surface area contributed by atoms with Gasteiger partial charge in [0.1, 0.15) is 11.6 Å². The summed E-state index contributed by atoms with van der Waals surface area (Å²) in [4.78, 5) is 0. The largest absolute Gasteiger partial charge is 0.377 e. The zero-order valence-corrected chi connectivity index (χ0v) is 11.6. The highest BCUT2D eigenvalue weighted by Crippen LogP contribution is 2.23. The molecular weight excluding hydrogens is 314 g/mol. The summed E-state index contributed by atoms with van der Waals surface area (Å²) in [6.07, 6.45) is 0. The van der Waals surface area contributed by atoms with Crippen LogP contribution >= 0.6 is 15.9 Å². The van der Waals surface area contributed by atoms with Gasteiger partial charge in [-0.15, -0.1) is 0 Å². The van der Waals surface area contributed by atoms with Crippen LogP contribution in [0, 0.1) is 11.6 Å². The zero-order valence-electron chi connectivity index (χ0n) is 10.0. The minimum Gasteiger partial charge on any atom is -0.377 e. The van der Waals surface area contributed by atoms with Crippen molar-refractivity contribution in [3.63, 3.8) is 0 Å². The van der Waals surface area contributed by atoms with Crippen LogP contribution in [0.5, 0.6) is 0 Å². The molecule has 2 nitrogen and oxygen atoms in total. The molecule has 0 bridgehead atoms. The highest BCUT2D eigenvalue weighted by molar-refractivity contribution is 9.10. The Labute approximate surface area is 118 Å². The first-order valence-electron chi connectivity index (χ1n) is 5.77. The van der Waals surface area contributed by atoms with Crippen LogP contribution in [0.3, 0.4) is 0 Å². The van der Waals surface area contributed by atoms with E-state index in [1.165, 1.54) is 18.2 Å². The Morgan fingerprint density at radius 1 is 1.16 bits per heavy atom. The van der Waals surface area contributed by atoms with Gasteiger partial charge in [0.05, 0.1) is 10.5 Å². The van der Waals surface area contributed by atoms with Crippen molar-refractivity contribution in [2.45, 2.75) is 6.04 Å². The molecule has 1 atom stereocenters. The van der Waals surface area contributed by atoms with Gasteiger partial charge in [-0.2, -0.15) is 0 Å². The normalized spacial score (nSPS) is 12.2. The number of halogens is 3. The zero-order chi connectivity index (χ0) is 13.8. The second-order valence-corrected chi connectivity index (χ2v) is 4.97. The average molecular weight is 327 g/mol. The van der Waals surface area contributed by atoms with Crippen molar-refractivity contribution >= 4 is 21.6 Å². The molecule has 0 heterocycles. The van der Waals surface area contributed by atoms with Crippen LogP contribution in [0.1, 0.15) is 11.6 Å². The van der Waals surface area contributed by atoms with E-state index in [0.29, 0.717) is 15.7 Å². The van der Waals surface area contributed by atoms with E-state index in [1.807, 2.05) is 0 Å². The van der Waals surface area contributed by atoms with E-state index in [0.717, 1.165) is 0 Å². The second kappa shape index (κ2) is 6.12. The molecule has 0 aliphatic rings. The molecule has 0 fully saturated rings. The van der Waals surface area contributed by atoms with Gasteiger partial charge in [0.25, 0.3) is 0 Å². The maximum Gasteiger partial charge on any atom is 0.137 e. The van der Waals surface area contributed by atoms with Crippen LogP contribution in [0.4, 0.5) is 14.5 Å². The van der Waals surface area contributed by atoms with Crippen LogP contribution in [0.2, 0.25) is 0 Å². The summed E-state index contributed by atoms with van der Waals surface area (Å²) in [5.74, 6) is -0.681. The number of hydrogen-bond donors (Lipinski definition) is 2. The third-order valence-electron chi connectivity index (χ3n) is 2.75. The number of nitrogens with two attached hydrogens (primary N) is 1. The highest BCUT2D eigenvalue weighted by Gasteiger charge is 2.11. The Kier molecular flexibility index (Phi) is 4.50. The molecule has 0 saturated heterocycles. The van der Waals surface area contributed by atoms with Gasteiger partial charge in [0, 0.05) is 12.2 Å². The van der Waals surface area contributed by atoms with Crippen molar-refractivity contribution in [3.05, 3.63) is 64.1 Å². The second-order valence-electron chi connectivity index (χ2n) is 4.12. The van der Waals surface area contributed by atoms with Crippen molar-refractivity contribution in [2.75, 3.05) is 11.9 Å². The molecule has 5 heteroatoms. The van der Waals surface area contributed by atoms with Crippen LogP contribution in [-0.4, -0.2) is 6.54 Å². The van der Waals surface area contributed by atoms with E-state index in [1.54, 1.807) is 24.3 Å². The van der Waals surface area contributed by atoms with Gasteiger partial charge in [-0.1, -0.05) is 12.1 Å². The topological polar surface area (TPSA) is 38.0 Å². The van der Waals surface area contributed by atoms with Crippen LogP contribution in [0.15, 0.2) is 46.9 Å². The van der Waals surface area contributed by atoms with Gasteiger partial charge < -0.3 is 11.1 Å². The van der Waals surface area contributed by atoms with Gasteiger partial charge in [-0.3, -0.25) is 0 Å². The van der Waals surface area contributed by atoms with Crippen molar-refractivity contribution in [1.82, 2.24) is 0 Å². The predicted molar refractivity (Wildman–Crippen MR) is 75.9 cm³/mol. The van der Waals surface area contributed by atoms with Gasteiger partial charge in [0.2, 0.25) is 0 Å². The molecule has 2 aromatic rings. The summed E-state index contributed by atoms with van der Waals surface area (Å²) < 4.78 is 27.0. The first kappa shape index (κ1) is 14.0. The van der Waals surface area contributed by atoms with Crippen LogP contribution in [0.25, 0.3) is 0 Å². The molecule has 1 unspecified atom stereocenters. The lowest BCUT2D eigenvalue weighted by molar-refractivity contribution is 0.615. The quantitative estimate of drug-likeness (QED) is 0.895. The molecule has 0 aromatic heterocycles. The summed E-state index contributed by atoms with van der Waals surface area (Å²) in [6.45, 7) is 0.275. The molecule has 100 valence electrons. The highest BCUT2D eigenvalue weighted by atomic mass is 79.9. The van der Waals surface area contributed by atoms with E-state index in [2.05, 4.69) is 21.2 Å². The van der Waals surface area contributed by atoms with Gasteiger partial charge >= 0.3 is 0 Å². The first-order valence-corrected chi connectivity index (χ1v) is 6.56. The predicted octanol–water partition coefficient (Wildman–Crippen LogP) is 3.84. The molecule has 0 aliphatic heterocycles. The molecule has 19 heavy (non-hydrogen) atoms. The minimum atomic E-state index is -0.350. The van der Waals surface area contributed by atoms with Crippen LogP contribution < -0.4 is 11.1 Å². The fraction of sp³-hybridized carbons (Fsp3) is 0.143. The Hall–Kier alpha value is -1.46. The van der Waals surface area contributed by atoms with Crippen molar-refractivity contribution in [1.29, 1.82) is 0 Å². The average Bonchev–Trinajstić information content (AvgIpc) is 2.39. The van der Waals surface area contributed by atoms with Crippen molar-refractivity contribution in [3.8, 4) is 0 Å². The lowest BCUT2D eigenvalue weighted by atomic mass is 10.1. The summed E-state index contributed by atoms with van der Waals surface area (Å²) in [5, 5.41) is 3.09. The lowest BCUT2D eigenvalue weighted by Gasteiger charge is -2.19. The fourth-order valence-electron chi connectivity index (χ4n) is 1.79. The van der Waals surface area contributed by atoms with Gasteiger partial charge in [-0.25, -0.2) is 8.78 Å². The maximum absolute atomic E-state index is 13.5. The molecule has 0 saturated carbocycles. The molecule has 0 spiro atoms. The van der Waals surface area contributed by atoms with E-state index in [-0.39, 0.29) is 24.2 Å². The summed E-state index contributed by atoms with van der Waals surface area (Å²) in [5.41, 5.74) is 7.01. The molecule has 2 aromatic carbocycles. The molecule has 2 rings (SSSR count). The van der Waals surface area contributed by atoms with E-state index >= 15 is 0 Å². The van der Waals surface area contributed by atoms with Crippen LogP contribution in [-0.2, 0) is 0 Å². The molecule has 0 amide bonds. The van der Waals surface area contributed by atoms with Crippen molar-refractivity contribution < 1.29 is 8.78 Å². The van der Waals surface area contributed by atoms with E-state index < -0.39 is 0 Å². The SMILES string of the molecule is NCC(Nc1cccc(F)c1)c1ccc(Br)c(F)c1. The van der Waals surface area contributed by atoms with E-state index in [9.17, 15) is 8.78 Å². The first-order chi connectivity index (χ1) is 9.10. The fourth-order valence-corrected chi connectivity index (χ4v) is 2.03. The molecule has 0 aliphatic carbocycles. The Morgan fingerprint density at radius 2 is 1.95 bits per heavy atom. The van der Waals surface area contributed by atoms with E-state index in [4.69, 9.17) is 5.73 Å². The minimum absolute atomic E-state index is 0.274. The third kappa shape index (κ3) is 3.52. The summed E-state index contributed by atoms with van der Waals surface area (Å²) >= 11 is 3.10. The third-order valence-corrected chi connectivity index (χ3v) is 3.39. The van der Waals surface area contributed by atoms with Crippen molar-refractivity contribution in [2.24, 2.45) is 5.73 Å². The molecule has 0 radical (unpaired) electrons. The standard InChI is InChI=1S/C14H13BrF2N2/c15-12-5-4-9(6-13(12)17)14(8-18)19-11-3-1-2-10(16)7-11/h1-7,14,19H,8,18H2. The molecule has 3 N–H and O–H groups in total. The monoisotopic (exact) mass is 326 g/mol. The summed E-state index contributed by atoms with van der Waals surface area (Å²) in [7, 11) is 0. The number of nitrogens with one attached hydrogen (secondary N) is 1. The lowest BCUT2D eigenvalue weighted by Crippen LogP contribution is -2.20. The number of hydrogen-bond acceptors (Lipinski definition) is 2. The molecular formula is C14H13BrF2N2. The van der Waals surface area contributed by atoms with Gasteiger partial charge in [0.15, 0.2) is 0 Å². The van der Waals surface area contributed by atoms with Gasteiger partial charge in [-0.05, 0) is 51.8 Å². The Bertz CT molecular complexity index is 575.